The molecular formula is C16H23N3O. The first-order valence-corrected chi connectivity index (χ1v) is 7.25. The van der Waals surface area contributed by atoms with Crippen LogP contribution in [0.4, 0.5) is 0 Å². The molecule has 0 amide bonds. The van der Waals surface area contributed by atoms with Crippen LogP contribution in [0.3, 0.4) is 0 Å². The van der Waals surface area contributed by atoms with Crippen LogP contribution in [0.5, 0.6) is 0 Å². The molecule has 0 fully saturated rings. The van der Waals surface area contributed by atoms with Gasteiger partial charge in [0.15, 0.2) is 5.96 Å². The maximum atomic E-state index is 5.87. The maximum Gasteiger partial charge on any atom is 0.191 e. The SMILES string of the molecule is CCCNC(=NCc1oc2ccccc2c1C)NCC. The van der Waals surface area contributed by atoms with Gasteiger partial charge in [-0.1, -0.05) is 25.1 Å². The minimum absolute atomic E-state index is 0.555. The molecule has 4 heteroatoms. The third-order valence-corrected chi connectivity index (χ3v) is 3.21. The lowest BCUT2D eigenvalue weighted by Gasteiger charge is -2.09. The Morgan fingerprint density at radius 2 is 2.00 bits per heavy atom. The van der Waals surface area contributed by atoms with Crippen LogP contribution in [0, 0.1) is 6.92 Å². The van der Waals surface area contributed by atoms with Gasteiger partial charge in [0.1, 0.15) is 17.9 Å². The van der Waals surface area contributed by atoms with Gasteiger partial charge in [0, 0.05) is 24.0 Å². The molecule has 4 nitrogen and oxygen atoms in total. The lowest BCUT2D eigenvalue weighted by molar-refractivity contribution is 0.548. The molecule has 0 aliphatic heterocycles. The zero-order valence-electron chi connectivity index (χ0n) is 12.5. The molecule has 2 rings (SSSR count). The summed E-state index contributed by atoms with van der Waals surface area (Å²) in [5, 5.41) is 7.70. The smallest absolute Gasteiger partial charge is 0.191 e. The van der Waals surface area contributed by atoms with E-state index in [-0.39, 0.29) is 0 Å². The highest BCUT2D eigenvalue weighted by Gasteiger charge is 2.09. The number of aliphatic imine (C=N–C) groups is 1. The molecule has 0 bridgehead atoms. The third kappa shape index (κ3) is 3.32. The highest BCUT2D eigenvalue weighted by atomic mass is 16.3. The molecule has 0 spiro atoms. The minimum Gasteiger partial charge on any atom is -0.459 e. The number of aryl methyl sites for hydroxylation is 1. The zero-order valence-corrected chi connectivity index (χ0v) is 12.5. The quantitative estimate of drug-likeness (QED) is 0.649. The summed E-state index contributed by atoms with van der Waals surface area (Å²) in [6, 6.07) is 8.11. The Morgan fingerprint density at radius 1 is 1.20 bits per heavy atom. The van der Waals surface area contributed by atoms with E-state index in [0.29, 0.717) is 6.54 Å². The van der Waals surface area contributed by atoms with Crippen molar-refractivity contribution in [3.05, 3.63) is 35.6 Å². The average molecular weight is 273 g/mol. The van der Waals surface area contributed by atoms with Crippen LogP contribution in [-0.2, 0) is 6.54 Å². The molecule has 1 aromatic carbocycles. The van der Waals surface area contributed by atoms with E-state index in [9.17, 15) is 0 Å². The second-order valence-corrected chi connectivity index (χ2v) is 4.77. The van der Waals surface area contributed by atoms with Gasteiger partial charge in [0.25, 0.3) is 0 Å². The van der Waals surface area contributed by atoms with Crippen LogP contribution in [0.1, 0.15) is 31.6 Å². The summed E-state index contributed by atoms with van der Waals surface area (Å²) in [5.41, 5.74) is 2.11. The summed E-state index contributed by atoms with van der Waals surface area (Å²) in [6.45, 7) is 8.62. The largest absolute Gasteiger partial charge is 0.459 e. The summed E-state index contributed by atoms with van der Waals surface area (Å²) in [5.74, 6) is 1.77. The van der Waals surface area contributed by atoms with Crippen molar-refractivity contribution in [2.45, 2.75) is 33.7 Å². The van der Waals surface area contributed by atoms with Crippen LogP contribution in [0.2, 0.25) is 0 Å². The van der Waals surface area contributed by atoms with Gasteiger partial charge in [0.05, 0.1) is 0 Å². The van der Waals surface area contributed by atoms with Gasteiger partial charge in [-0.3, -0.25) is 0 Å². The van der Waals surface area contributed by atoms with Crippen molar-refractivity contribution in [1.29, 1.82) is 0 Å². The molecular weight excluding hydrogens is 250 g/mol. The Morgan fingerprint density at radius 3 is 2.70 bits per heavy atom. The predicted molar refractivity (Wildman–Crippen MR) is 84.1 cm³/mol. The zero-order chi connectivity index (χ0) is 14.4. The van der Waals surface area contributed by atoms with Crippen molar-refractivity contribution in [3.8, 4) is 0 Å². The van der Waals surface area contributed by atoms with E-state index < -0.39 is 0 Å². The molecule has 0 aliphatic carbocycles. The number of hydrogen-bond donors (Lipinski definition) is 2. The predicted octanol–water partition coefficient (Wildman–Crippen LogP) is 3.21. The Hall–Kier alpha value is -1.97. The summed E-state index contributed by atoms with van der Waals surface area (Å²) >= 11 is 0. The van der Waals surface area contributed by atoms with Crippen LogP contribution in [0.25, 0.3) is 11.0 Å². The number of para-hydroxylation sites is 1. The number of nitrogens with zero attached hydrogens (tertiary/aromatic N) is 1. The number of benzene rings is 1. The second kappa shape index (κ2) is 6.98. The summed E-state index contributed by atoms with van der Waals surface area (Å²) in [4.78, 5) is 4.58. The number of rotatable bonds is 5. The first-order valence-electron chi connectivity index (χ1n) is 7.25. The lowest BCUT2D eigenvalue weighted by Crippen LogP contribution is -2.37. The highest BCUT2D eigenvalue weighted by Crippen LogP contribution is 2.25. The number of furan rings is 1. The van der Waals surface area contributed by atoms with Crippen molar-refractivity contribution in [2.75, 3.05) is 13.1 Å². The third-order valence-electron chi connectivity index (χ3n) is 3.21. The van der Waals surface area contributed by atoms with Gasteiger partial charge >= 0.3 is 0 Å². The fourth-order valence-corrected chi connectivity index (χ4v) is 2.11. The monoisotopic (exact) mass is 273 g/mol. The van der Waals surface area contributed by atoms with Crippen LogP contribution >= 0.6 is 0 Å². The van der Waals surface area contributed by atoms with Crippen molar-refractivity contribution in [2.24, 2.45) is 4.99 Å². The molecule has 0 atom stereocenters. The van der Waals surface area contributed by atoms with Crippen molar-refractivity contribution >= 4 is 16.9 Å². The van der Waals surface area contributed by atoms with Crippen molar-refractivity contribution in [3.63, 3.8) is 0 Å². The minimum atomic E-state index is 0.555. The van der Waals surface area contributed by atoms with Gasteiger partial charge < -0.3 is 15.1 Å². The Kier molecular flexibility index (Phi) is 5.04. The van der Waals surface area contributed by atoms with Crippen molar-refractivity contribution < 1.29 is 4.42 Å². The topological polar surface area (TPSA) is 49.6 Å². The molecule has 0 saturated carbocycles. The molecule has 2 N–H and O–H groups in total. The van der Waals surface area contributed by atoms with Gasteiger partial charge in [-0.25, -0.2) is 4.99 Å². The number of guanidine groups is 1. The molecule has 20 heavy (non-hydrogen) atoms. The molecule has 1 aromatic heterocycles. The Balaban J connectivity index is 2.15. The second-order valence-electron chi connectivity index (χ2n) is 4.77. The summed E-state index contributed by atoms with van der Waals surface area (Å²) < 4.78 is 5.87. The maximum absolute atomic E-state index is 5.87. The fourth-order valence-electron chi connectivity index (χ4n) is 2.11. The Labute approximate surface area is 120 Å². The highest BCUT2D eigenvalue weighted by molar-refractivity contribution is 5.82. The normalized spacial score (nSPS) is 11.8. The molecule has 0 saturated heterocycles. The average Bonchev–Trinajstić information content (AvgIpc) is 2.79. The van der Waals surface area contributed by atoms with Gasteiger partial charge in [-0.05, 0) is 26.3 Å². The van der Waals surface area contributed by atoms with E-state index in [1.54, 1.807) is 0 Å². The number of fused-ring (bicyclic) bond motifs is 1. The van der Waals surface area contributed by atoms with E-state index in [4.69, 9.17) is 4.42 Å². The summed E-state index contributed by atoms with van der Waals surface area (Å²) in [7, 11) is 0. The van der Waals surface area contributed by atoms with Gasteiger partial charge in [-0.2, -0.15) is 0 Å². The molecule has 108 valence electrons. The van der Waals surface area contributed by atoms with Crippen LogP contribution < -0.4 is 10.6 Å². The molecule has 0 radical (unpaired) electrons. The number of nitrogens with one attached hydrogen (secondary N) is 2. The van der Waals surface area contributed by atoms with Crippen LogP contribution in [-0.4, -0.2) is 19.0 Å². The van der Waals surface area contributed by atoms with E-state index >= 15 is 0 Å². The summed E-state index contributed by atoms with van der Waals surface area (Å²) in [6.07, 6.45) is 1.08. The van der Waals surface area contributed by atoms with E-state index in [1.807, 2.05) is 18.2 Å². The van der Waals surface area contributed by atoms with E-state index in [0.717, 1.165) is 36.8 Å². The lowest BCUT2D eigenvalue weighted by atomic mass is 10.1. The molecule has 2 aromatic rings. The van der Waals surface area contributed by atoms with E-state index in [2.05, 4.69) is 42.5 Å². The first kappa shape index (κ1) is 14.4. The van der Waals surface area contributed by atoms with Crippen molar-refractivity contribution in [1.82, 2.24) is 10.6 Å². The fraction of sp³-hybridized carbons (Fsp3) is 0.438. The van der Waals surface area contributed by atoms with Gasteiger partial charge in [0.2, 0.25) is 0 Å². The molecule has 1 heterocycles. The van der Waals surface area contributed by atoms with Gasteiger partial charge in [-0.15, -0.1) is 0 Å². The molecule has 0 unspecified atom stereocenters. The van der Waals surface area contributed by atoms with E-state index in [1.165, 1.54) is 10.9 Å². The first-order chi connectivity index (χ1) is 9.76. The van der Waals surface area contributed by atoms with Crippen LogP contribution in [0.15, 0.2) is 33.7 Å². The molecule has 0 aliphatic rings. The number of hydrogen-bond acceptors (Lipinski definition) is 2. The standard InChI is InChI=1S/C16H23N3O/c1-4-10-18-16(17-5-2)19-11-15-12(3)13-8-6-7-9-14(13)20-15/h6-9H,4-5,10-11H2,1-3H3,(H2,17,18,19). The Bertz CT molecular complexity index is 586.